The Morgan fingerprint density at radius 3 is 2.44 bits per heavy atom. The van der Waals surface area contributed by atoms with Crippen molar-refractivity contribution in [2.45, 2.75) is 37.8 Å². The Hall–Kier alpha value is -1.14. The second-order valence-corrected chi connectivity index (χ2v) is 5.35. The molecular formula is C12H22N4O2. The number of rotatable bonds is 3. The summed E-state index contributed by atoms with van der Waals surface area (Å²) in [6, 6.07) is -0.0886. The second-order valence-electron chi connectivity index (χ2n) is 5.35. The highest BCUT2D eigenvalue weighted by Crippen LogP contribution is 2.28. The summed E-state index contributed by atoms with van der Waals surface area (Å²) in [6.07, 6.45) is 2.32. The van der Waals surface area contributed by atoms with Gasteiger partial charge in [0, 0.05) is 32.7 Å². The van der Waals surface area contributed by atoms with Crippen molar-refractivity contribution in [3.63, 3.8) is 0 Å². The Labute approximate surface area is 107 Å². The van der Waals surface area contributed by atoms with Crippen LogP contribution in [0.5, 0.6) is 0 Å². The zero-order valence-corrected chi connectivity index (χ0v) is 11.1. The number of carbonyl (C=O) groups is 2. The molecule has 2 heterocycles. The molecule has 3 N–H and O–H groups in total. The lowest BCUT2D eigenvalue weighted by Gasteiger charge is -2.38. The Bertz CT molecular complexity index is 350. The number of nitrogens with zero attached hydrogens (tertiary/aromatic N) is 2. The molecule has 102 valence electrons. The van der Waals surface area contributed by atoms with E-state index in [1.165, 1.54) is 11.9 Å². The smallest absolute Gasteiger partial charge is 0.324 e. The predicted octanol–water partition coefficient (Wildman–Crippen LogP) is -0.260. The van der Waals surface area contributed by atoms with E-state index in [-0.39, 0.29) is 18.0 Å². The number of likely N-dealkylation sites (N-methyl/N-ethyl adjacent to an activating group) is 1. The maximum absolute atomic E-state index is 12.1. The summed E-state index contributed by atoms with van der Waals surface area (Å²) in [5, 5.41) is 2.84. The molecule has 0 aromatic carbocycles. The standard InChI is InChI=1S/C12H22N4O2/c1-3-9(13)8-16-6-4-12(5-7-16)10(17)15(2)11(18)14-12/h9H,3-8,13H2,1-2H3,(H,14,18). The van der Waals surface area contributed by atoms with Crippen molar-refractivity contribution in [2.24, 2.45) is 5.73 Å². The van der Waals surface area contributed by atoms with Crippen LogP contribution in [-0.4, -0.2) is 60.0 Å². The van der Waals surface area contributed by atoms with Gasteiger partial charge < -0.3 is 16.0 Å². The number of nitrogens with one attached hydrogen (secondary N) is 1. The van der Waals surface area contributed by atoms with Crippen molar-refractivity contribution in [3.8, 4) is 0 Å². The van der Waals surface area contributed by atoms with E-state index in [4.69, 9.17) is 5.73 Å². The molecule has 0 aromatic heterocycles. The highest BCUT2D eigenvalue weighted by atomic mass is 16.2. The summed E-state index contributed by atoms with van der Waals surface area (Å²) >= 11 is 0. The molecule has 1 unspecified atom stereocenters. The number of hydrogen-bond donors (Lipinski definition) is 2. The van der Waals surface area contributed by atoms with Crippen molar-refractivity contribution in [1.29, 1.82) is 0 Å². The predicted molar refractivity (Wildman–Crippen MR) is 68.0 cm³/mol. The molecule has 0 saturated carbocycles. The third-order valence-electron chi connectivity index (χ3n) is 4.09. The maximum atomic E-state index is 12.1. The molecule has 2 fully saturated rings. The topological polar surface area (TPSA) is 78.7 Å². The fourth-order valence-electron chi connectivity index (χ4n) is 2.67. The van der Waals surface area contributed by atoms with Gasteiger partial charge in [-0.15, -0.1) is 0 Å². The summed E-state index contributed by atoms with van der Waals surface area (Å²) in [6.45, 7) is 4.57. The zero-order valence-electron chi connectivity index (χ0n) is 11.1. The van der Waals surface area contributed by atoms with E-state index in [0.29, 0.717) is 12.8 Å². The van der Waals surface area contributed by atoms with Crippen molar-refractivity contribution in [2.75, 3.05) is 26.7 Å². The Balaban J connectivity index is 1.94. The first kappa shape index (κ1) is 13.3. The number of carbonyl (C=O) groups excluding carboxylic acids is 2. The molecule has 3 amide bonds. The van der Waals surface area contributed by atoms with Gasteiger partial charge in [0.05, 0.1) is 0 Å². The molecule has 2 saturated heterocycles. The van der Waals surface area contributed by atoms with Crippen LogP contribution in [0.1, 0.15) is 26.2 Å². The van der Waals surface area contributed by atoms with Gasteiger partial charge in [0.2, 0.25) is 0 Å². The van der Waals surface area contributed by atoms with Crippen molar-refractivity contribution in [3.05, 3.63) is 0 Å². The SMILES string of the molecule is CCC(N)CN1CCC2(CC1)NC(=O)N(C)C2=O. The monoisotopic (exact) mass is 254 g/mol. The zero-order chi connectivity index (χ0) is 13.3. The molecule has 2 rings (SSSR count). The van der Waals surface area contributed by atoms with Crippen LogP contribution < -0.4 is 11.1 Å². The molecule has 0 radical (unpaired) electrons. The van der Waals surface area contributed by atoms with Crippen LogP contribution in [0.2, 0.25) is 0 Å². The second kappa shape index (κ2) is 4.85. The summed E-state index contributed by atoms with van der Waals surface area (Å²) in [7, 11) is 1.53. The van der Waals surface area contributed by atoms with E-state index in [1.54, 1.807) is 0 Å². The van der Waals surface area contributed by atoms with E-state index in [0.717, 1.165) is 26.1 Å². The van der Waals surface area contributed by atoms with Crippen molar-refractivity contribution >= 4 is 11.9 Å². The van der Waals surface area contributed by atoms with Gasteiger partial charge in [-0.2, -0.15) is 0 Å². The average Bonchev–Trinajstić information content (AvgIpc) is 2.57. The minimum absolute atomic E-state index is 0.0908. The fourth-order valence-corrected chi connectivity index (χ4v) is 2.67. The van der Waals surface area contributed by atoms with Gasteiger partial charge in [0.1, 0.15) is 5.54 Å². The van der Waals surface area contributed by atoms with E-state index in [1.807, 2.05) is 0 Å². The molecule has 2 aliphatic heterocycles. The number of nitrogens with two attached hydrogens (primary N) is 1. The van der Waals surface area contributed by atoms with Gasteiger partial charge in [-0.25, -0.2) is 4.79 Å². The van der Waals surface area contributed by atoms with E-state index < -0.39 is 5.54 Å². The number of piperidine rings is 1. The Morgan fingerprint density at radius 2 is 2.00 bits per heavy atom. The number of urea groups is 1. The maximum Gasteiger partial charge on any atom is 0.324 e. The van der Waals surface area contributed by atoms with Gasteiger partial charge in [-0.3, -0.25) is 9.69 Å². The van der Waals surface area contributed by atoms with E-state index >= 15 is 0 Å². The molecule has 0 aliphatic carbocycles. The van der Waals surface area contributed by atoms with Crippen LogP contribution >= 0.6 is 0 Å². The van der Waals surface area contributed by atoms with Gasteiger partial charge in [-0.05, 0) is 19.3 Å². The van der Waals surface area contributed by atoms with Crippen molar-refractivity contribution in [1.82, 2.24) is 15.1 Å². The number of amides is 3. The van der Waals surface area contributed by atoms with Gasteiger partial charge >= 0.3 is 6.03 Å². The lowest BCUT2D eigenvalue weighted by atomic mass is 9.87. The van der Waals surface area contributed by atoms with Crippen LogP contribution in [0.3, 0.4) is 0 Å². The first-order valence-corrected chi connectivity index (χ1v) is 6.57. The summed E-state index contributed by atoms with van der Waals surface area (Å²) in [5.41, 5.74) is 5.28. The molecule has 1 atom stereocenters. The van der Waals surface area contributed by atoms with E-state index in [9.17, 15) is 9.59 Å². The number of imide groups is 1. The van der Waals surface area contributed by atoms with Gasteiger partial charge in [-0.1, -0.05) is 6.92 Å². The molecule has 0 bridgehead atoms. The molecule has 18 heavy (non-hydrogen) atoms. The Kier molecular flexibility index (Phi) is 3.59. The fraction of sp³-hybridized carbons (Fsp3) is 0.833. The quantitative estimate of drug-likeness (QED) is 0.680. The largest absolute Gasteiger partial charge is 0.327 e. The number of hydrogen-bond acceptors (Lipinski definition) is 4. The van der Waals surface area contributed by atoms with Crippen LogP contribution in [-0.2, 0) is 4.79 Å². The van der Waals surface area contributed by atoms with Crippen molar-refractivity contribution < 1.29 is 9.59 Å². The molecule has 1 spiro atoms. The summed E-state index contributed by atoms with van der Waals surface area (Å²) in [4.78, 5) is 27.1. The number of likely N-dealkylation sites (tertiary alicyclic amines) is 1. The van der Waals surface area contributed by atoms with Crippen LogP contribution in [0.15, 0.2) is 0 Å². The van der Waals surface area contributed by atoms with Gasteiger partial charge in [0.25, 0.3) is 5.91 Å². The highest BCUT2D eigenvalue weighted by molar-refractivity contribution is 6.06. The van der Waals surface area contributed by atoms with Crippen LogP contribution in [0.25, 0.3) is 0 Å². The normalized spacial score (nSPS) is 25.6. The van der Waals surface area contributed by atoms with Crippen LogP contribution in [0.4, 0.5) is 4.79 Å². The first-order valence-electron chi connectivity index (χ1n) is 6.57. The average molecular weight is 254 g/mol. The summed E-state index contributed by atoms with van der Waals surface area (Å²) in [5.74, 6) is -0.0908. The lowest BCUT2D eigenvalue weighted by Crippen LogP contribution is -2.56. The summed E-state index contributed by atoms with van der Waals surface area (Å²) < 4.78 is 0. The molecule has 6 nitrogen and oxygen atoms in total. The molecule has 0 aromatic rings. The molecular weight excluding hydrogens is 232 g/mol. The van der Waals surface area contributed by atoms with E-state index in [2.05, 4.69) is 17.1 Å². The third-order valence-corrected chi connectivity index (χ3v) is 4.09. The lowest BCUT2D eigenvalue weighted by molar-refractivity contribution is -0.132. The minimum atomic E-state index is -0.654. The third kappa shape index (κ3) is 2.22. The van der Waals surface area contributed by atoms with Crippen LogP contribution in [0, 0.1) is 0 Å². The van der Waals surface area contributed by atoms with Gasteiger partial charge in [0.15, 0.2) is 0 Å². The molecule has 6 heteroatoms. The minimum Gasteiger partial charge on any atom is -0.327 e. The highest BCUT2D eigenvalue weighted by Gasteiger charge is 2.50. The Morgan fingerprint density at radius 1 is 1.39 bits per heavy atom. The molecule has 2 aliphatic rings. The first-order chi connectivity index (χ1) is 8.48.